The predicted octanol–water partition coefficient (Wildman–Crippen LogP) is 2.70. The van der Waals surface area contributed by atoms with Crippen LogP contribution in [0.5, 0.6) is 0 Å². The Kier molecular flexibility index (Phi) is 5.37. The van der Waals surface area contributed by atoms with E-state index in [1.807, 2.05) is 0 Å². The number of hydrogen-bond acceptors (Lipinski definition) is 3. The second-order valence-corrected chi connectivity index (χ2v) is 7.04. The summed E-state index contributed by atoms with van der Waals surface area (Å²) in [5.74, 6) is 2.87. The Bertz CT molecular complexity index is 279. The van der Waals surface area contributed by atoms with Gasteiger partial charge in [-0.2, -0.15) is 11.8 Å². The molecule has 2 aliphatic rings. The normalized spacial score (nSPS) is 29.1. The highest BCUT2D eigenvalue weighted by Crippen LogP contribution is 2.30. The molecule has 18 heavy (non-hydrogen) atoms. The molecule has 2 saturated heterocycles. The fourth-order valence-electron chi connectivity index (χ4n) is 3.33. The van der Waals surface area contributed by atoms with E-state index in [0.29, 0.717) is 18.3 Å². The van der Waals surface area contributed by atoms with Crippen molar-refractivity contribution in [3.63, 3.8) is 0 Å². The monoisotopic (exact) mass is 271 g/mol. The van der Waals surface area contributed by atoms with Gasteiger partial charge in [0, 0.05) is 19.0 Å². The highest BCUT2D eigenvalue weighted by Gasteiger charge is 2.30. The SMILES string of the molecule is CC(CC(=O)O)C1CCCN(C2CCSCC2)C1. The molecule has 3 nitrogen and oxygen atoms in total. The lowest BCUT2D eigenvalue weighted by atomic mass is 9.84. The van der Waals surface area contributed by atoms with E-state index in [2.05, 4.69) is 23.6 Å². The lowest BCUT2D eigenvalue weighted by Gasteiger charge is -2.41. The molecule has 2 fully saturated rings. The zero-order valence-electron chi connectivity index (χ0n) is 11.3. The van der Waals surface area contributed by atoms with E-state index in [1.165, 1.54) is 43.7 Å². The Balaban J connectivity index is 1.85. The van der Waals surface area contributed by atoms with Gasteiger partial charge in [0.15, 0.2) is 0 Å². The molecule has 0 aromatic rings. The molecule has 0 radical (unpaired) electrons. The van der Waals surface area contributed by atoms with E-state index in [1.54, 1.807) is 0 Å². The van der Waals surface area contributed by atoms with Crippen molar-refractivity contribution in [1.29, 1.82) is 0 Å². The summed E-state index contributed by atoms with van der Waals surface area (Å²) in [7, 11) is 0. The number of carboxylic acids is 1. The van der Waals surface area contributed by atoms with E-state index >= 15 is 0 Å². The fourth-order valence-corrected chi connectivity index (χ4v) is 4.41. The minimum atomic E-state index is -0.645. The van der Waals surface area contributed by atoms with Gasteiger partial charge >= 0.3 is 5.97 Å². The van der Waals surface area contributed by atoms with Crippen molar-refractivity contribution in [3.05, 3.63) is 0 Å². The molecular formula is C14H25NO2S. The van der Waals surface area contributed by atoms with E-state index in [0.717, 1.165) is 12.6 Å². The van der Waals surface area contributed by atoms with Crippen molar-refractivity contribution >= 4 is 17.7 Å². The molecule has 4 heteroatoms. The number of thioether (sulfide) groups is 1. The number of piperidine rings is 1. The Hall–Kier alpha value is -0.220. The van der Waals surface area contributed by atoms with Crippen LogP contribution in [0.3, 0.4) is 0 Å². The zero-order chi connectivity index (χ0) is 13.0. The third-order valence-electron chi connectivity index (χ3n) is 4.50. The summed E-state index contributed by atoms with van der Waals surface area (Å²) in [6.07, 6.45) is 5.44. The maximum atomic E-state index is 10.8. The molecule has 2 unspecified atom stereocenters. The van der Waals surface area contributed by atoms with Gasteiger partial charge in [-0.05, 0) is 55.6 Å². The molecule has 0 aromatic carbocycles. The summed E-state index contributed by atoms with van der Waals surface area (Å²) < 4.78 is 0. The second kappa shape index (κ2) is 6.80. The van der Waals surface area contributed by atoms with Gasteiger partial charge in [-0.25, -0.2) is 0 Å². The van der Waals surface area contributed by atoms with Gasteiger partial charge in [0.25, 0.3) is 0 Å². The second-order valence-electron chi connectivity index (χ2n) is 5.82. The quantitative estimate of drug-likeness (QED) is 0.853. The molecule has 0 amide bonds. The van der Waals surface area contributed by atoms with Crippen LogP contribution in [0.4, 0.5) is 0 Å². The largest absolute Gasteiger partial charge is 0.481 e. The molecular weight excluding hydrogens is 246 g/mol. The van der Waals surface area contributed by atoms with Crippen molar-refractivity contribution in [2.75, 3.05) is 24.6 Å². The van der Waals surface area contributed by atoms with E-state index < -0.39 is 5.97 Å². The van der Waals surface area contributed by atoms with Crippen LogP contribution in [-0.2, 0) is 4.79 Å². The molecule has 0 aliphatic carbocycles. The average molecular weight is 271 g/mol. The molecule has 2 atom stereocenters. The highest BCUT2D eigenvalue weighted by atomic mass is 32.2. The third-order valence-corrected chi connectivity index (χ3v) is 5.55. The minimum absolute atomic E-state index is 0.322. The summed E-state index contributed by atoms with van der Waals surface area (Å²) in [5.41, 5.74) is 0. The van der Waals surface area contributed by atoms with Crippen molar-refractivity contribution < 1.29 is 9.90 Å². The number of aliphatic carboxylic acids is 1. The number of carbonyl (C=O) groups is 1. The third kappa shape index (κ3) is 3.89. The Morgan fingerprint density at radius 2 is 2.11 bits per heavy atom. The molecule has 0 bridgehead atoms. The number of hydrogen-bond donors (Lipinski definition) is 1. The first-order chi connectivity index (χ1) is 8.66. The lowest BCUT2D eigenvalue weighted by molar-refractivity contribution is -0.138. The van der Waals surface area contributed by atoms with Crippen LogP contribution in [0.2, 0.25) is 0 Å². The van der Waals surface area contributed by atoms with Gasteiger partial charge in [-0.1, -0.05) is 6.92 Å². The molecule has 0 saturated carbocycles. The van der Waals surface area contributed by atoms with Gasteiger partial charge in [0.1, 0.15) is 0 Å². The first kappa shape index (κ1) is 14.2. The fraction of sp³-hybridized carbons (Fsp3) is 0.929. The smallest absolute Gasteiger partial charge is 0.303 e. The van der Waals surface area contributed by atoms with E-state index in [-0.39, 0.29) is 0 Å². The van der Waals surface area contributed by atoms with Gasteiger partial charge in [-0.3, -0.25) is 4.79 Å². The van der Waals surface area contributed by atoms with Crippen LogP contribution >= 0.6 is 11.8 Å². The number of nitrogens with zero attached hydrogens (tertiary/aromatic N) is 1. The van der Waals surface area contributed by atoms with Gasteiger partial charge in [0.2, 0.25) is 0 Å². The van der Waals surface area contributed by atoms with E-state index in [4.69, 9.17) is 5.11 Å². The maximum absolute atomic E-state index is 10.8. The standard InChI is InChI=1S/C14H25NO2S/c1-11(9-14(16)17)12-3-2-6-15(10-12)13-4-7-18-8-5-13/h11-13H,2-10H2,1H3,(H,16,17). The van der Waals surface area contributed by atoms with Crippen molar-refractivity contribution in [3.8, 4) is 0 Å². The van der Waals surface area contributed by atoms with Gasteiger partial charge < -0.3 is 10.0 Å². The zero-order valence-corrected chi connectivity index (χ0v) is 12.1. The first-order valence-electron chi connectivity index (χ1n) is 7.20. The summed E-state index contributed by atoms with van der Waals surface area (Å²) in [4.78, 5) is 13.5. The number of carboxylic acid groups (broad SMARTS) is 1. The molecule has 2 rings (SSSR count). The number of likely N-dealkylation sites (tertiary alicyclic amines) is 1. The summed E-state index contributed by atoms with van der Waals surface area (Å²) >= 11 is 2.07. The molecule has 2 heterocycles. The summed E-state index contributed by atoms with van der Waals surface area (Å²) in [6, 6.07) is 0.770. The predicted molar refractivity (Wildman–Crippen MR) is 76.1 cm³/mol. The minimum Gasteiger partial charge on any atom is -0.481 e. The van der Waals surface area contributed by atoms with Crippen molar-refractivity contribution in [1.82, 2.24) is 4.90 Å². The van der Waals surface area contributed by atoms with E-state index in [9.17, 15) is 4.79 Å². The van der Waals surface area contributed by atoms with Gasteiger partial charge in [-0.15, -0.1) is 0 Å². The first-order valence-corrected chi connectivity index (χ1v) is 8.36. The van der Waals surface area contributed by atoms with Crippen LogP contribution in [-0.4, -0.2) is 46.6 Å². The average Bonchev–Trinajstić information content (AvgIpc) is 2.39. The molecule has 0 aromatic heterocycles. The van der Waals surface area contributed by atoms with Crippen LogP contribution in [0.1, 0.15) is 39.0 Å². The van der Waals surface area contributed by atoms with Crippen molar-refractivity contribution in [2.24, 2.45) is 11.8 Å². The van der Waals surface area contributed by atoms with Gasteiger partial charge in [0.05, 0.1) is 0 Å². The van der Waals surface area contributed by atoms with Crippen LogP contribution in [0.15, 0.2) is 0 Å². The summed E-state index contributed by atoms with van der Waals surface area (Å²) in [5, 5.41) is 8.91. The molecule has 2 aliphatic heterocycles. The Labute approximate surface area is 114 Å². The maximum Gasteiger partial charge on any atom is 0.303 e. The van der Waals surface area contributed by atoms with Crippen molar-refractivity contribution in [2.45, 2.75) is 45.1 Å². The molecule has 0 spiro atoms. The highest BCUT2D eigenvalue weighted by molar-refractivity contribution is 7.99. The Morgan fingerprint density at radius 3 is 2.78 bits per heavy atom. The lowest BCUT2D eigenvalue weighted by Crippen LogP contribution is -2.45. The molecule has 1 N–H and O–H groups in total. The summed E-state index contributed by atoms with van der Waals surface area (Å²) in [6.45, 7) is 4.47. The Morgan fingerprint density at radius 1 is 1.39 bits per heavy atom. The number of rotatable bonds is 4. The molecule has 104 valence electrons. The van der Waals surface area contributed by atoms with Crippen LogP contribution < -0.4 is 0 Å². The van der Waals surface area contributed by atoms with Crippen LogP contribution in [0, 0.1) is 11.8 Å². The van der Waals surface area contributed by atoms with Crippen LogP contribution in [0.25, 0.3) is 0 Å². The topological polar surface area (TPSA) is 40.5 Å².